The molecule has 16 heteroatoms. The van der Waals surface area contributed by atoms with Crippen molar-refractivity contribution in [3.05, 3.63) is 0 Å². The quantitative estimate of drug-likeness (QED) is 0.287. The zero-order valence-corrected chi connectivity index (χ0v) is 14.0. The van der Waals surface area contributed by atoms with E-state index in [-0.39, 0.29) is 0 Å². The van der Waals surface area contributed by atoms with E-state index >= 15 is 0 Å². The minimum Gasteiger partial charge on any atom is -0.290 e. The summed E-state index contributed by atoms with van der Waals surface area (Å²) in [6, 6.07) is 0. The maximum atomic E-state index is 12.0. The number of phosphoric acid groups is 2. The second-order valence-corrected chi connectivity index (χ2v) is 7.26. The number of rotatable bonds is 11. The van der Waals surface area contributed by atoms with Crippen LogP contribution in [-0.2, 0) is 36.3 Å². The maximum absolute atomic E-state index is 12.0. The van der Waals surface area contributed by atoms with E-state index < -0.39 is 54.4 Å². The second-order valence-electron chi connectivity index (χ2n) is 3.70. The van der Waals surface area contributed by atoms with Gasteiger partial charge in [0.1, 0.15) is 0 Å². The van der Waals surface area contributed by atoms with Gasteiger partial charge in [0, 0.05) is 14.2 Å². The van der Waals surface area contributed by atoms with Crippen molar-refractivity contribution in [3.63, 3.8) is 0 Å². The Hall–Kier alpha value is -0.200. The van der Waals surface area contributed by atoms with Crippen LogP contribution in [-0.4, -0.2) is 53.0 Å². The predicted molar refractivity (Wildman–Crippen MR) is 65.1 cm³/mol. The zero-order chi connectivity index (χ0) is 19.1. The summed E-state index contributed by atoms with van der Waals surface area (Å²) in [6.45, 7) is -5.45. The minimum atomic E-state index is -4.80. The van der Waals surface area contributed by atoms with E-state index in [1.807, 2.05) is 0 Å². The molecular weight excluding hydrogens is 400 g/mol. The molecule has 0 aliphatic carbocycles. The smallest absolute Gasteiger partial charge is 0.290 e. The highest BCUT2D eigenvalue weighted by molar-refractivity contribution is 7.48. The lowest BCUT2D eigenvalue weighted by Crippen LogP contribution is -2.18. The first kappa shape index (κ1) is 23.8. The van der Waals surface area contributed by atoms with Crippen LogP contribution in [0.1, 0.15) is 0 Å². The van der Waals surface area contributed by atoms with Gasteiger partial charge >= 0.3 is 28.0 Å². The fourth-order valence-electron chi connectivity index (χ4n) is 0.888. The summed E-state index contributed by atoms with van der Waals surface area (Å²) >= 11 is 0. The predicted octanol–water partition coefficient (Wildman–Crippen LogP) is 3.69. The van der Waals surface area contributed by atoms with Crippen LogP contribution in [0.3, 0.4) is 0 Å². The summed E-state index contributed by atoms with van der Waals surface area (Å²) in [7, 11) is -7.68. The van der Waals surface area contributed by atoms with Gasteiger partial charge in [0.2, 0.25) is 0 Å². The molecule has 0 aromatic carbocycles. The molecule has 0 radical (unpaired) electrons. The number of phosphoric ester groups is 2. The Balaban J connectivity index is 4.36. The van der Waals surface area contributed by atoms with Crippen LogP contribution in [0.15, 0.2) is 0 Å². The first-order chi connectivity index (χ1) is 10.7. The first-order valence-electron chi connectivity index (χ1n) is 5.77. The van der Waals surface area contributed by atoms with Gasteiger partial charge in [-0.2, -0.15) is 26.3 Å². The molecule has 146 valence electrons. The zero-order valence-electron chi connectivity index (χ0n) is 12.3. The van der Waals surface area contributed by atoms with Crippen molar-refractivity contribution in [1.82, 2.24) is 0 Å². The summed E-state index contributed by atoms with van der Waals surface area (Å²) in [5.41, 5.74) is 0. The van der Waals surface area contributed by atoms with Crippen molar-refractivity contribution in [1.29, 1.82) is 0 Å². The Kier molecular flexibility index (Phi) is 9.41. The largest absolute Gasteiger partial charge is 0.474 e. The van der Waals surface area contributed by atoms with Gasteiger partial charge in [-0.3, -0.25) is 27.1 Å². The van der Waals surface area contributed by atoms with Crippen molar-refractivity contribution >= 4 is 15.6 Å². The van der Waals surface area contributed by atoms with E-state index in [1.54, 1.807) is 0 Å². The van der Waals surface area contributed by atoms with E-state index in [0.29, 0.717) is 0 Å². The SMILES string of the molecule is COP(=O)(OCCOP(=O)(OC)OCC(F)(F)F)OCC(F)(F)F. The molecule has 0 spiro atoms. The van der Waals surface area contributed by atoms with Crippen molar-refractivity contribution in [3.8, 4) is 0 Å². The summed E-state index contributed by atoms with van der Waals surface area (Å²) in [5, 5.41) is 0. The van der Waals surface area contributed by atoms with Crippen molar-refractivity contribution in [2.75, 3.05) is 40.6 Å². The van der Waals surface area contributed by atoms with Crippen molar-refractivity contribution < 1.29 is 62.6 Å². The van der Waals surface area contributed by atoms with Gasteiger partial charge in [-0.1, -0.05) is 0 Å². The number of halogens is 6. The Labute approximate surface area is 132 Å². The van der Waals surface area contributed by atoms with Crippen LogP contribution in [0.4, 0.5) is 26.3 Å². The van der Waals surface area contributed by atoms with Crippen molar-refractivity contribution in [2.45, 2.75) is 12.4 Å². The molecule has 0 amide bonds. The Morgan fingerprint density at radius 2 is 0.958 bits per heavy atom. The molecule has 8 nitrogen and oxygen atoms in total. The molecule has 0 N–H and O–H groups in total. The molecule has 0 aromatic heterocycles. The average molecular weight is 414 g/mol. The molecule has 0 bridgehead atoms. The Morgan fingerprint density at radius 3 is 1.17 bits per heavy atom. The van der Waals surface area contributed by atoms with Gasteiger partial charge in [0.25, 0.3) is 0 Å². The molecule has 0 saturated heterocycles. The van der Waals surface area contributed by atoms with E-state index in [4.69, 9.17) is 0 Å². The highest BCUT2D eigenvalue weighted by Crippen LogP contribution is 2.51. The molecule has 24 heavy (non-hydrogen) atoms. The topological polar surface area (TPSA) is 89.5 Å². The highest BCUT2D eigenvalue weighted by Gasteiger charge is 2.37. The van der Waals surface area contributed by atoms with Gasteiger partial charge in [-0.15, -0.1) is 0 Å². The molecule has 2 unspecified atom stereocenters. The number of hydrogen-bond acceptors (Lipinski definition) is 8. The molecular formula is C8H14F6O8P2. The first-order valence-corrected chi connectivity index (χ1v) is 8.69. The molecule has 0 aromatic rings. The Morgan fingerprint density at radius 1 is 0.667 bits per heavy atom. The molecule has 0 heterocycles. The lowest BCUT2D eigenvalue weighted by molar-refractivity contribution is -0.159. The van der Waals surface area contributed by atoms with Crippen molar-refractivity contribution in [2.24, 2.45) is 0 Å². The Bertz CT molecular complexity index is 424. The van der Waals surface area contributed by atoms with Crippen LogP contribution < -0.4 is 0 Å². The number of hydrogen-bond donors (Lipinski definition) is 0. The summed E-state index contributed by atoms with van der Waals surface area (Å²) < 4.78 is 120. The third kappa shape index (κ3) is 11.4. The summed E-state index contributed by atoms with van der Waals surface area (Å²) in [6.07, 6.45) is -9.60. The molecule has 0 fully saturated rings. The van der Waals surface area contributed by atoms with Crippen LogP contribution in [0.25, 0.3) is 0 Å². The maximum Gasteiger partial charge on any atom is 0.474 e. The fraction of sp³-hybridized carbons (Fsp3) is 1.00. The van der Waals surface area contributed by atoms with E-state index in [1.165, 1.54) is 0 Å². The van der Waals surface area contributed by atoms with Crippen LogP contribution in [0.2, 0.25) is 0 Å². The average Bonchev–Trinajstić information content (AvgIpc) is 2.46. The van der Waals surface area contributed by atoms with Crippen LogP contribution in [0.5, 0.6) is 0 Å². The normalized spacial score (nSPS) is 18.2. The van der Waals surface area contributed by atoms with E-state index in [0.717, 1.165) is 14.2 Å². The third-order valence-corrected chi connectivity index (χ3v) is 4.58. The number of alkyl halides is 6. The molecule has 0 saturated carbocycles. The van der Waals surface area contributed by atoms with Gasteiger partial charge in [0.05, 0.1) is 13.2 Å². The molecule has 0 aliphatic rings. The van der Waals surface area contributed by atoms with Gasteiger partial charge < -0.3 is 0 Å². The van der Waals surface area contributed by atoms with Crippen LogP contribution in [0, 0.1) is 0 Å². The molecule has 0 aliphatic heterocycles. The third-order valence-electron chi connectivity index (χ3n) is 1.80. The monoisotopic (exact) mass is 414 g/mol. The van der Waals surface area contributed by atoms with Crippen LogP contribution >= 0.6 is 15.6 Å². The van der Waals surface area contributed by atoms with E-state index in [9.17, 15) is 35.5 Å². The second kappa shape index (κ2) is 9.48. The standard InChI is InChI=1S/C8H14F6O8P2/c1-17-23(15,21-5-7(9,10)11)19-3-4-20-24(16,18-2)22-6-8(12,13)14/h3-6H2,1-2H3. The lowest BCUT2D eigenvalue weighted by atomic mass is 10.7. The van der Waals surface area contributed by atoms with Gasteiger partial charge in [0.15, 0.2) is 13.2 Å². The van der Waals surface area contributed by atoms with E-state index in [2.05, 4.69) is 27.1 Å². The lowest BCUT2D eigenvalue weighted by Gasteiger charge is -2.19. The summed E-state index contributed by atoms with van der Waals surface area (Å²) in [4.78, 5) is 0. The minimum absolute atomic E-state index is 0.741. The van der Waals surface area contributed by atoms with Gasteiger partial charge in [-0.25, -0.2) is 9.13 Å². The van der Waals surface area contributed by atoms with Gasteiger partial charge in [-0.05, 0) is 0 Å². The molecule has 2 atom stereocenters. The molecule has 0 rings (SSSR count). The fourth-order valence-corrected chi connectivity index (χ4v) is 2.66. The highest BCUT2D eigenvalue weighted by atomic mass is 31.2. The summed E-state index contributed by atoms with van der Waals surface area (Å²) in [5.74, 6) is 0.